The van der Waals surface area contributed by atoms with Gasteiger partial charge in [-0.3, -0.25) is 9.59 Å². The van der Waals surface area contributed by atoms with E-state index in [1.807, 2.05) is 60.7 Å². The minimum absolute atomic E-state index is 0.0446. The summed E-state index contributed by atoms with van der Waals surface area (Å²) >= 11 is 0. The second-order valence-corrected chi connectivity index (χ2v) is 9.65. The second kappa shape index (κ2) is 11.6. The van der Waals surface area contributed by atoms with E-state index in [0.717, 1.165) is 42.5 Å². The zero-order valence-corrected chi connectivity index (χ0v) is 20.6. The van der Waals surface area contributed by atoms with Crippen LogP contribution in [0.5, 0.6) is 0 Å². The van der Waals surface area contributed by atoms with Crippen LogP contribution in [-0.4, -0.2) is 17.4 Å². The van der Waals surface area contributed by atoms with Crippen molar-refractivity contribution in [3.63, 3.8) is 0 Å². The Hall–Kier alpha value is -3.61. The molecular weight excluding hydrogens is 477 g/mol. The number of alkyl halides is 3. The molecule has 0 radical (unpaired) electrons. The minimum Gasteiger partial charge on any atom is -0.350 e. The van der Waals surface area contributed by atoms with E-state index in [4.69, 9.17) is 0 Å². The average Bonchev–Trinajstić information content (AvgIpc) is 2.91. The molecule has 7 heteroatoms. The quantitative estimate of drug-likeness (QED) is 0.372. The summed E-state index contributed by atoms with van der Waals surface area (Å²) in [6, 6.07) is 24.5. The van der Waals surface area contributed by atoms with Gasteiger partial charge in [-0.05, 0) is 41.7 Å². The molecule has 0 aromatic heterocycles. The van der Waals surface area contributed by atoms with Gasteiger partial charge >= 0.3 is 6.18 Å². The van der Waals surface area contributed by atoms with Crippen molar-refractivity contribution in [2.45, 2.75) is 62.7 Å². The van der Waals surface area contributed by atoms with Crippen LogP contribution in [0.3, 0.4) is 0 Å². The molecule has 1 aliphatic carbocycles. The third-order valence-electron chi connectivity index (χ3n) is 7.02. The molecule has 1 fully saturated rings. The summed E-state index contributed by atoms with van der Waals surface area (Å²) < 4.78 is 39.2. The smallest absolute Gasteiger partial charge is 0.350 e. The molecule has 0 heterocycles. The number of hydrogen-bond acceptors (Lipinski definition) is 2. The van der Waals surface area contributed by atoms with Crippen molar-refractivity contribution in [2.24, 2.45) is 0 Å². The lowest BCUT2D eigenvalue weighted by Gasteiger charge is -2.37. The van der Waals surface area contributed by atoms with Gasteiger partial charge in [-0.1, -0.05) is 92.1 Å². The summed E-state index contributed by atoms with van der Waals surface area (Å²) in [6.07, 6.45) is -0.738. The van der Waals surface area contributed by atoms with Crippen LogP contribution < -0.4 is 10.6 Å². The van der Waals surface area contributed by atoms with E-state index in [-0.39, 0.29) is 30.7 Å². The minimum atomic E-state index is -4.45. The van der Waals surface area contributed by atoms with Gasteiger partial charge in [-0.25, -0.2) is 0 Å². The number of nitrogens with one attached hydrogen (secondary N) is 2. The highest BCUT2D eigenvalue weighted by atomic mass is 19.4. The maximum Gasteiger partial charge on any atom is 0.416 e. The molecule has 4 rings (SSSR count). The molecule has 0 saturated heterocycles. The molecule has 37 heavy (non-hydrogen) atoms. The molecule has 0 unspecified atom stereocenters. The molecule has 4 nitrogen and oxygen atoms in total. The fourth-order valence-corrected chi connectivity index (χ4v) is 5.08. The van der Waals surface area contributed by atoms with Crippen molar-refractivity contribution in [1.82, 2.24) is 10.6 Å². The molecule has 3 aromatic carbocycles. The highest BCUT2D eigenvalue weighted by Crippen LogP contribution is 2.32. The first-order valence-corrected chi connectivity index (χ1v) is 12.6. The van der Waals surface area contributed by atoms with Gasteiger partial charge in [-0.2, -0.15) is 13.2 Å². The first-order chi connectivity index (χ1) is 17.8. The van der Waals surface area contributed by atoms with Crippen LogP contribution in [0.15, 0.2) is 84.9 Å². The molecule has 1 aliphatic rings. The fraction of sp³-hybridized carbons (Fsp3) is 0.333. The lowest BCUT2D eigenvalue weighted by molar-refractivity contribution is -0.137. The monoisotopic (exact) mass is 508 g/mol. The Morgan fingerprint density at radius 2 is 1.41 bits per heavy atom. The summed E-state index contributed by atoms with van der Waals surface area (Å²) in [6.45, 7) is -0.0446. The van der Waals surface area contributed by atoms with Gasteiger partial charge in [0.2, 0.25) is 11.8 Å². The van der Waals surface area contributed by atoms with Gasteiger partial charge in [0.1, 0.15) is 5.54 Å². The summed E-state index contributed by atoms with van der Waals surface area (Å²) in [5, 5.41) is 5.83. The van der Waals surface area contributed by atoms with E-state index >= 15 is 0 Å². The zero-order chi connectivity index (χ0) is 26.3. The molecule has 194 valence electrons. The molecule has 2 amide bonds. The summed E-state index contributed by atoms with van der Waals surface area (Å²) in [4.78, 5) is 26.8. The number of carbonyl (C=O) groups is 2. The highest BCUT2D eigenvalue weighted by molar-refractivity contribution is 5.92. The van der Waals surface area contributed by atoms with E-state index in [1.54, 1.807) is 6.07 Å². The lowest BCUT2D eigenvalue weighted by atomic mass is 9.80. The molecule has 3 aromatic rings. The predicted molar refractivity (Wildman–Crippen MR) is 137 cm³/mol. The number of rotatable bonds is 8. The topological polar surface area (TPSA) is 58.2 Å². The van der Waals surface area contributed by atoms with Crippen molar-refractivity contribution in [3.05, 3.63) is 107 Å². The van der Waals surface area contributed by atoms with Crippen LogP contribution in [0.4, 0.5) is 13.2 Å². The number of halogens is 3. The van der Waals surface area contributed by atoms with Gasteiger partial charge in [-0.15, -0.1) is 0 Å². The Morgan fingerprint density at radius 1 is 0.811 bits per heavy atom. The Bertz CT molecular complexity index is 1150. The third-order valence-corrected chi connectivity index (χ3v) is 7.02. The van der Waals surface area contributed by atoms with Crippen LogP contribution in [0.1, 0.15) is 66.7 Å². The standard InChI is InChI=1S/C30H31F3N2O2/c31-30(32,33)25-16-10-11-22(19-25)21-34-28(37)29(17-8-3-9-18-29)35-27(36)20-26(23-12-4-1-5-13-23)24-14-6-2-7-15-24/h1-2,4-7,10-16,19,26H,3,8-9,17-18,20-21H2,(H,34,37)(H,35,36). The van der Waals surface area contributed by atoms with Gasteiger partial charge in [0, 0.05) is 18.9 Å². The van der Waals surface area contributed by atoms with Gasteiger partial charge in [0.25, 0.3) is 0 Å². The van der Waals surface area contributed by atoms with E-state index in [1.165, 1.54) is 6.07 Å². The molecule has 2 N–H and O–H groups in total. The van der Waals surface area contributed by atoms with Gasteiger partial charge in [0.05, 0.1) is 5.56 Å². The summed E-state index contributed by atoms with van der Waals surface area (Å²) in [5.74, 6) is -0.751. The number of benzene rings is 3. The fourth-order valence-electron chi connectivity index (χ4n) is 5.08. The van der Waals surface area contributed by atoms with Crippen LogP contribution in [0.25, 0.3) is 0 Å². The van der Waals surface area contributed by atoms with E-state index in [9.17, 15) is 22.8 Å². The number of carbonyl (C=O) groups excluding carboxylic acids is 2. The van der Waals surface area contributed by atoms with Gasteiger partial charge in [0.15, 0.2) is 0 Å². The van der Waals surface area contributed by atoms with Crippen LogP contribution in [0, 0.1) is 0 Å². The Labute approximate surface area is 215 Å². The first-order valence-electron chi connectivity index (χ1n) is 12.6. The molecule has 0 spiro atoms. The zero-order valence-electron chi connectivity index (χ0n) is 20.6. The van der Waals surface area contributed by atoms with Crippen LogP contribution >= 0.6 is 0 Å². The predicted octanol–water partition coefficient (Wildman–Crippen LogP) is 6.36. The Kier molecular flexibility index (Phi) is 8.31. The summed E-state index contributed by atoms with van der Waals surface area (Å²) in [5.41, 5.74) is 0.544. The molecule has 0 atom stereocenters. The molecule has 0 aliphatic heterocycles. The van der Waals surface area contributed by atoms with E-state index < -0.39 is 17.3 Å². The SMILES string of the molecule is O=C(CC(c1ccccc1)c1ccccc1)NC1(C(=O)NCc2cccc(C(F)(F)F)c2)CCCCC1. The van der Waals surface area contributed by atoms with Gasteiger partial charge < -0.3 is 10.6 Å². The van der Waals surface area contributed by atoms with Crippen molar-refractivity contribution < 1.29 is 22.8 Å². The average molecular weight is 509 g/mol. The normalized spacial score (nSPS) is 15.2. The lowest BCUT2D eigenvalue weighted by Crippen LogP contribution is -2.59. The second-order valence-electron chi connectivity index (χ2n) is 9.65. The van der Waals surface area contributed by atoms with Crippen molar-refractivity contribution in [1.29, 1.82) is 0 Å². The van der Waals surface area contributed by atoms with E-state index in [0.29, 0.717) is 18.4 Å². The molecule has 0 bridgehead atoms. The van der Waals surface area contributed by atoms with Crippen molar-refractivity contribution in [3.8, 4) is 0 Å². The Morgan fingerprint density at radius 3 is 1.97 bits per heavy atom. The first kappa shape index (κ1) is 26.5. The summed E-state index contributed by atoms with van der Waals surface area (Å²) in [7, 11) is 0. The third kappa shape index (κ3) is 6.79. The van der Waals surface area contributed by atoms with Crippen molar-refractivity contribution in [2.75, 3.05) is 0 Å². The Balaban J connectivity index is 1.49. The van der Waals surface area contributed by atoms with Crippen LogP contribution in [-0.2, 0) is 22.3 Å². The van der Waals surface area contributed by atoms with Crippen LogP contribution in [0.2, 0.25) is 0 Å². The van der Waals surface area contributed by atoms with E-state index in [2.05, 4.69) is 10.6 Å². The number of amides is 2. The molecule has 1 saturated carbocycles. The highest BCUT2D eigenvalue weighted by Gasteiger charge is 2.41. The van der Waals surface area contributed by atoms with Crippen molar-refractivity contribution >= 4 is 11.8 Å². The number of hydrogen-bond donors (Lipinski definition) is 2. The maximum atomic E-state index is 13.4. The maximum absolute atomic E-state index is 13.4. The largest absolute Gasteiger partial charge is 0.416 e. The molecular formula is C30H31F3N2O2.